The Bertz CT molecular complexity index is 1740. The van der Waals surface area contributed by atoms with Crippen LogP contribution in [0, 0.1) is 21.4 Å². The number of nitro groups is 1. The molecule has 0 atom stereocenters. The normalized spacial score (nSPS) is 10.3. The molecule has 1 N–H and O–H groups in total. The maximum atomic E-state index is 12.5. The Morgan fingerprint density at radius 2 is 1.78 bits per heavy atom. The van der Waals surface area contributed by atoms with Crippen LogP contribution in [0.1, 0.15) is 28.4 Å². The monoisotopic (exact) mass is 612 g/mol. The van der Waals surface area contributed by atoms with Crippen molar-refractivity contribution in [2.75, 3.05) is 32.6 Å². The number of nitriles is 1. The van der Waals surface area contributed by atoms with Gasteiger partial charge in [0, 0.05) is 25.7 Å². The predicted octanol–water partition coefficient (Wildman–Crippen LogP) is 5.10. The first-order valence-corrected chi connectivity index (χ1v) is 13.5. The van der Waals surface area contributed by atoms with Crippen LogP contribution in [-0.4, -0.2) is 58.9 Å². The molecule has 14 heteroatoms. The minimum Gasteiger partial charge on any atom is -0.485 e. The Labute approximate surface area is 257 Å². The number of carbonyl (C=O) groups is 2. The van der Waals surface area contributed by atoms with Gasteiger partial charge in [0.25, 0.3) is 5.91 Å². The number of ether oxygens (including phenoxy) is 4. The lowest BCUT2D eigenvalue weighted by Crippen LogP contribution is -2.21. The van der Waals surface area contributed by atoms with Gasteiger partial charge in [0.2, 0.25) is 5.82 Å². The molecule has 230 valence electrons. The van der Waals surface area contributed by atoms with E-state index in [1.54, 1.807) is 33.2 Å². The van der Waals surface area contributed by atoms with E-state index in [2.05, 4.69) is 15.3 Å². The topological polar surface area (TPSA) is 179 Å². The molecule has 0 aliphatic heterocycles. The fourth-order valence-electron chi connectivity index (χ4n) is 3.86. The van der Waals surface area contributed by atoms with Crippen molar-refractivity contribution in [3.8, 4) is 35.2 Å². The molecule has 0 aliphatic carbocycles. The van der Waals surface area contributed by atoms with Gasteiger partial charge in [-0.1, -0.05) is 36.4 Å². The molecule has 3 aromatic carbocycles. The molecule has 0 saturated heterocycles. The van der Waals surface area contributed by atoms with Gasteiger partial charge in [-0.05, 0) is 42.8 Å². The first kappa shape index (κ1) is 31.7. The summed E-state index contributed by atoms with van der Waals surface area (Å²) in [5.41, 5.74) is 0.663. The summed E-state index contributed by atoms with van der Waals surface area (Å²) in [6, 6.07) is 21.4. The van der Waals surface area contributed by atoms with Gasteiger partial charge in [-0.3, -0.25) is 19.7 Å². The molecule has 45 heavy (non-hydrogen) atoms. The number of nitrogens with one attached hydrogen (secondary N) is 1. The molecular weight excluding hydrogens is 584 g/mol. The molecule has 14 nitrogen and oxygen atoms in total. The molecule has 0 aliphatic rings. The number of esters is 1. The highest BCUT2D eigenvalue weighted by atomic mass is 16.6. The predicted molar refractivity (Wildman–Crippen MR) is 160 cm³/mol. The maximum Gasteiger partial charge on any atom is 0.373 e. The highest BCUT2D eigenvalue weighted by Gasteiger charge is 2.29. The summed E-state index contributed by atoms with van der Waals surface area (Å²) in [5.74, 6) is -1.63. The van der Waals surface area contributed by atoms with Crippen molar-refractivity contribution in [3.63, 3.8) is 0 Å². The van der Waals surface area contributed by atoms with Crippen LogP contribution in [0.15, 0.2) is 72.8 Å². The van der Waals surface area contributed by atoms with E-state index in [-0.39, 0.29) is 47.5 Å². The summed E-state index contributed by atoms with van der Waals surface area (Å²) in [7, 11) is 3.16. The summed E-state index contributed by atoms with van der Waals surface area (Å²) in [6.07, 6.45) is 0. The highest BCUT2D eigenvalue weighted by Crippen LogP contribution is 2.39. The largest absolute Gasteiger partial charge is 0.485 e. The van der Waals surface area contributed by atoms with Gasteiger partial charge < -0.3 is 29.2 Å². The molecular formula is C31H28N6O8. The number of hydrogen-bond donors (Lipinski definition) is 1. The number of hydrogen-bond acceptors (Lipinski definition) is 12. The molecule has 0 fully saturated rings. The Morgan fingerprint density at radius 1 is 1.00 bits per heavy atom. The van der Waals surface area contributed by atoms with Crippen LogP contribution in [0.4, 0.5) is 11.5 Å². The third-order valence-electron chi connectivity index (χ3n) is 5.93. The molecule has 1 aromatic heterocycles. The second-order valence-corrected chi connectivity index (χ2v) is 9.40. The molecule has 0 saturated carbocycles. The summed E-state index contributed by atoms with van der Waals surface area (Å²) >= 11 is 0. The van der Waals surface area contributed by atoms with Crippen molar-refractivity contribution in [1.82, 2.24) is 14.9 Å². The number of rotatable bonds is 13. The van der Waals surface area contributed by atoms with Gasteiger partial charge in [0.1, 0.15) is 18.9 Å². The number of carbonyl (C=O) groups excluding carboxylic acids is 2. The van der Waals surface area contributed by atoms with E-state index in [0.29, 0.717) is 0 Å². The SMILES string of the molecule is CCOC(=O)CNc1nc(Oc2cc(C#N)ccc2OCc2ccccc2)nc(Oc2cccc(C(=O)N(C)C)c2)c1[N+](=O)[O-]. The van der Waals surface area contributed by atoms with Crippen LogP contribution >= 0.6 is 0 Å². The van der Waals surface area contributed by atoms with E-state index < -0.39 is 40.8 Å². The third kappa shape index (κ3) is 8.42. The fourth-order valence-corrected chi connectivity index (χ4v) is 3.86. The number of nitrogens with zero attached hydrogens (tertiary/aromatic N) is 5. The molecule has 0 radical (unpaired) electrons. The lowest BCUT2D eigenvalue weighted by molar-refractivity contribution is -0.385. The Hall–Kier alpha value is -6.23. The van der Waals surface area contributed by atoms with Crippen molar-refractivity contribution in [1.29, 1.82) is 5.26 Å². The molecule has 1 heterocycles. The van der Waals surface area contributed by atoms with Crippen LogP contribution in [0.2, 0.25) is 0 Å². The Balaban J connectivity index is 1.76. The van der Waals surface area contributed by atoms with Gasteiger partial charge in [-0.25, -0.2) is 0 Å². The van der Waals surface area contributed by atoms with Crippen molar-refractivity contribution < 1.29 is 33.5 Å². The lowest BCUT2D eigenvalue weighted by Gasteiger charge is -2.15. The second kappa shape index (κ2) is 14.8. The summed E-state index contributed by atoms with van der Waals surface area (Å²) in [5, 5.41) is 24.3. The summed E-state index contributed by atoms with van der Waals surface area (Å²) in [6.45, 7) is 1.42. The van der Waals surface area contributed by atoms with E-state index in [0.717, 1.165) is 5.56 Å². The maximum absolute atomic E-state index is 12.5. The molecule has 0 spiro atoms. The summed E-state index contributed by atoms with van der Waals surface area (Å²) < 4.78 is 22.6. The van der Waals surface area contributed by atoms with Crippen molar-refractivity contribution >= 4 is 23.4 Å². The van der Waals surface area contributed by atoms with E-state index in [9.17, 15) is 25.0 Å². The van der Waals surface area contributed by atoms with Crippen LogP contribution in [0.5, 0.6) is 29.1 Å². The van der Waals surface area contributed by atoms with Gasteiger partial charge in [0.15, 0.2) is 11.5 Å². The molecule has 1 amide bonds. The third-order valence-corrected chi connectivity index (χ3v) is 5.93. The highest BCUT2D eigenvalue weighted by molar-refractivity contribution is 5.94. The van der Waals surface area contributed by atoms with Gasteiger partial charge in [0.05, 0.1) is 23.2 Å². The zero-order valence-electron chi connectivity index (χ0n) is 24.6. The Morgan fingerprint density at radius 3 is 2.47 bits per heavy atom. The molecule has 0 bridgehead atoms. The number of benzene rings is 3. The van der Waals surface area contributed by atoms with Crippen molar-refractivity contribution in [3.05, 3.63) is 99.6 Å². The quantitative estimate of drug-likeness (QED) is 0.120. The Kier molecular flexibility index (Phi) is 10.4. The first-order valence-electron chi connectivity index (χ1n) is 13.5. The zero-order chi connectivity index (χ0) is 32.3. The minimum absolute atomic E-state index is 0.0414. The van der Waals surface area contributed by atoms with E-state index in [4.69, 9.17) is 18.9 Å². The van der Waals surface area contributed by atoms with E-state index in [1.165, 1.54) is 35.2 Å². The molecule has 0 unspecified atom stereocenters. The molecule has 4 rings (SSSR count). The fraction of sp³-hybridized carbons (Fsp3) is 0.194. The first-order chi connectivity index (χ1) is 21.7. The van der Waals surface area contributed by atoms with Gasteiger partial charge in [-0.15, -0.1) is 0 Å². The number of amides is 1. The number of aromatic nitrogens is 2. The van der Waals surface area contributed by atoms with Crippen LogP contribution in [0.3, 0.4) is 0 Å². The van der Waals surface area contributed by atoms with Gasteiger partial charge >= 0.3 is 23.5 Å². The van der Waals surface area contributed by atoms with Crippen molar-refractivity contribution in [2.45, 2.75) is 13.5 Å². The zero-order valence-corrected chi connectivity index (χ0v) is 24.6. The lowest BCUT2D eigenvalue weighted by atomic mass is 10.2. The van der Waals surface area contributed by atoms with E-state index >= 15 is 0 Å². The van der Waals surface area contributed by atoms with Crippen molar-refractivity contribution in [2.24, 2.45) is 0 Å². The summed E-state index contributed by atoms with van der Waals surface area (Å²) in [4.78, 5) is 45.6. The van der Waals surface area contributed by atoms with E-state index in [1.807, 2.05) is 36.4 Å². The van der Waals surface area contributed by atoms with Crippen LogP contribution < -0.4 is 19.5 Å². The standard InChI is InChI=1S/C31H28N6O8/c1-4-42-26(38)18-33-28-27(37(40)41)29(44-23-12-8-11-22(16-23)30(39)36(2)3)35-31(34-28)45-25-15-21(17-32)13-14-24(25)43-19-20-9-6-5-7-10-20/h5-16H,4,18-19H2,1-3H3,(H,33,34,35). The van der Waals surface area contributed by atoms with Gasteiger partial charge in [-0.2, -0.15) is 15.2 Å². The second-order valence-electron chi connectivity index (χ2n) is 9.40. The smallest absolute Gasteiger partial charge is 0.373 e. The van der Waals surface area contributed by atoms with Crippen LogP contribution in [0.25, 0.3) is 0 Å². The average Bonchev–Trinajstić information content (AvgIpc) is 3.03. The minimum atomic E-state index is -0.786. The molecule has 4 aromatic rings. The van der Waals surface area contributed by atoms with Crippen LogP contribution in [-0.2, 0) is 16.1 Å². The average molecular weight is 613 g/mol. The number of anilines is 1.